The van der Waals surface area contributed by atoms with Gasteiger partial charge in [-0.1, -0.05) is 6.92 Å². The van der Waals surface area contributed by atoms with Crippen LogP contribution >= 0.6 is 11.3 Å². The number of thiazole rings is 1. The highest BCUT2D eigenvalue weighted by atomic mass is 32.1. The van der Waals surface area contributed by atoms with E-state index in [9.17, 15) is 9.18 Å². The number of aromatic nitrogens is 2. The molecule has 0 unspecified atom stereocenters. The third-order valence-corrected chi connectivity index (χ3v) is 4.56. The first kappa shape index (κ1) is 16.8. The van der Waals surface area contributed by atoms with Crippen molar-refractivity contribution in [2.24, 2.45) is 0 Å². The third-order valence-electron chi connectivity index (χ3n) is 3.71. The fourth-order valence-electron chi connectivity index (χ4n) is 2.53. The molecule has 1 aromatic carbocycles. The Labute approximate surface area is 147 Å². The van der Waals surface area contributed by atoms with Crippen LogP contribution in [0.1, 0.15) is 29.5 Å². The summed E-state index contributed by atoms with van der Waals surface area (Å²) in [6, 6.07) is 4.73. The Hall–Kier alpha value is -3.05. The number of hydrogen-bond acceptors (Lipinski definition) is 6. The summed E-state index contributed by atoms with van der Waals surface area (Å²) in [5.41, 5.74) is 8.23. The van der Waals surface area contributed by atoms with Crippen LogP contribution in [0.3, 0.4) is 0 Å². The molecule has 0 saturated carbocycles. The number of nitrogen functional groups attached to an aromatic ring is 1. The second kappa shape index (κ2) is 6.83. The Morgan fingerprint density at radius 3 is 2.92 bits per heavy atom. The number of carbonyl (C=O) groups is 1. The first-order valence-electron chi connectivity index (χ1n) is 7.57. The molecule has 0 spiro atoms. The summed E-state index contributed by atoms with van der Waals surface area (Å²) in [7, 11) is 0. The van der Waals surface area contributed by atoms with E-state index in [2.05, 4.69) is 15.3 Å². The van der Waals surface area contributed by atoms with Crippen LogP contribution in [-0.4, -0.2) is 22.4 Å². The van der Waals surface area contributed by atoms with Gasteiger partial charge in [-0.25, -0.2) is 14.4 Å². The zero-order valence-corrected chi connectivity index (χ0v) is 14.2. The van der Waals surface area contributed by atoms with E-state index in [-0.39, 0.29) is 28.5 Å². The Bertz CT molecular complexity index is 1010. The predicted molar refractivity (Wildman–Crippen MR) is 94.6 cm³/mol. The van der Waals surface area contributed by atoms with Crippen LogP contribution in [0.25, 0.3) is 21.2 Å². The van der Waals surface area contributed by atoms with Crippen molar-refractivity contribution in [3.63, 3.8) is 0 Å². The van der Waals surface area contributed by atoms with Crippen molar-refractivity contribution in [1.29, 1.82) is 5.26 Å². The Morgan fingerprint density at radius 1 is 1.40 bits per heavy atom. The van der Waals surface area contributed by atoms with Crippen molar-refractivity contribution in [3.05, 3.63) is 41.0 Å². The fraction of sp³-hybridized carbons (Fsp3) is 0.176. The molecule has 0 aliphatic heterocycles. The number of nitrogens with one attached hydrogen (secondary N) is 1. The van der Waals surface area contributed by atoms with Crippen LogP contribution in [0.15, 0.2) is 23.8 Å². The Morgan fingerprint density at radius 2 is 2.20 bits per heavy atom. The van der Waals surface area contributed by atoms with Gasteiger partial charge in [0.05, 0.1) is 16.1 Å². The molecule has 1 amide bonds. The molecule has 126 valence electrons. The number of nitrogens with zero attached hydrogens (tertiary/aromatic N) is 3. The topological polar surface area (TPSA) is 105 Å². The van der Waals surface area contributed by atoms with Crippen molar-refractivity contribution < 1.29 is 9.18 Å². The summed E-state index contributed by atoms with van der Waals surface area (Å²) >= 11 is 1.16. The highest BCUT2D eigenvalue weighted by Crippen LogP contribution is 2.37. The molecular formula is C17H14FN5OS. The molecule has 0 saturated heterocycles. The number of rotatable bonds is 4. The summed E-state index contributed by atoms with van der Waals surface area (Å²) in [4.78, 5) is 20.6. The quantitative estimate of drug-likeness (QED) is 0.748. The molecule has 0 fully saturated rings. The van der Waals surface area contributed by atoms with Crippen LogP contribution in [0.4, 0.5) is 10.1 Å². The number of amides is 1. The molecule has 3 rings (SSSR count). The number of pyridine rings is 1. The molecule has 2 aromatic heterocycles. The largest absolute Gasteiger partial charge is 0.396 e. The molecule has 25 heavy (non-hydrogen) atoms. The monoisotopic (exact) mass is 355 g/mol. The third kappa shape index (κ3) is 2.90. The average molecular weight is 355 g/mol. The van der Waals surface area contributed by atoms with E-state index < -0.39 is 5.82 Å². The lowest BCUT2D eigenvalue weighted by Gasteiger charge is -2.11. The zero-order valence-electron chi connectivity index (χ0n) is 13.3. The van der Waals surface area contributed by atoms with Gasteiger partial charge in [0.25, 0.3) is 5.91 Å². The van der Waals surface area contributed by atoms with E-state index in [1.165, 1.54) is 23.8 Å². The maximum absolute atomic E-state index is 14.5. The molecule has 8 heteroatoms. The van der Waals surface area contributed by atoms with Gasteiger partial charge in [-0.15, -0.1) is 11.3 Å². The lowest BCUT2D eigenvalue weighted by molar-refractivity contribution is 0.0950. The van der Waals surface area contributed by atoms with Crippen LogP contribution < -0.4 is 11.1 Å². The Kier molecular flexibility index (Phi) is 4.59. The van der Waals surface area contributed by atoms with Crippen LogP contribution in [-0.2, 0) is 0 Å². The van der Waals surface area contributed by atoms with E-state index in [4.69, 9.17) is 11.0 Å². The van der Waals surface area contributed by atoms with Gasteiger partial charge >= 0.3 is 0 Å². The molecule has 0 atom stereocenters. The molecule has 2 heterocycles. The first-order chi connectivity index (χ1) is 12.1. The smallest absolute Gasteiger partial charge is 0.272 e. The highest BCUT2D eigenvalue weighted by Gasteiger charge is 2.20. The van der Waals surface area contributed by atoms with Gasteiger partial charge in [-0.3, -0.25) is 4.79 Å². The molecule has 3 aromatic rings. The molecule has 0 bridgehead atoms. The van der Waals surface area contributed by atoms with Crippen LogP contribution in [0.2, 0.25) is 0 Å². The van der Waals surface area contributed by atoms with E-state index >= 15 is 0 Å². The van der Waals surface area contributed by atoms with Crippen LogP contribution in [0, 0.1) is 17.1 Å². The van der Waals surface area contributed by atoms with E-state index in [1.807, 2.05) is 13.0 Å². The number of nitriles is 1. The summed E-state index contributed by atoms with van der Waals surface area (Å²) in [5.74, 6) is -0.875. The molecular weight excluding hydrogens is 341 g/mol. The molecule has 0 aliphatic carbocycles. The second-order valence-electron chi connectivity index (χ2n) is 5.30. The number of benzene rings is 1. The van der Waals surface area contributed by atoms with Gasteiger partial charge in [-0.05, 0) is 18.6 Å². The zero-order chi connectivity index (χ0) is 18.0. The lowest BCUT2D eigenvalue weighted by Crippen LogP contribution is -2.26. The van der Waals surface area contributed by atoms with Crippen molar-refractivity contribution in [2.75, 3.05) is 12.3 Å². The van der Waals surface area contributed by atoms with Gasteiger partial charge in [0.2, 0.25) is 0 Å². The SMILES string of the molecule is CCCNC(=O)c1ncc2c(-c3scnc3C#N)c(F)ccc2c1N. The minimum atomic E-state index is -0.502. The summed E-state index contributed by atoms with van der Waals surface area (Å²) in [6.45, 7) is 2.45. The van der Waals surface area contributed by atoms with Crippen molar-refractivity contribution in [1.82, 2.24) is 15.3 Å². The maximum atomic E-state index is 14.5. The summed E-state index contributed by atoms with van der Waals surface area (Å²) in [6.07, 6.45) is 2.20. The van der Waals surface area contributed by atoms with Crippen molar-refractivity contribution in [3.8, 4) is 16.5 Å². The predicted octanol–water partition coefficient (Wildman–Crippen LogP) is 3.09. The molecule has 0 radical (unpaired) electrons. The minimum Gasteiger partial charge on any atom is -0.396 e. The summed E-state index contributed by atoms with van der Waals surface area (Å²) < 4.78 is 14.5. The van der Waals surface area contributed by atoms with Crippen LogP contribution in [0.5, 0.6) is 0 Å². The second-order valence-corrected chi connectivity index (χ2v) is 6.16. The summed E-state index contributed by atoms with van der Waals surface area (Å²) in [5, 5.41) is 12.8. The van der Waals surface area contributed by atoms with Crippen molar-refractivity contribution in [2.45, 2.75) is 13.3 Å². The van der Waals surface area contributed by atoms with Crippen molar-refractivity contribution >= 4 is 33.7 Å². The number of nitrogens with two attached hydrogens (primary N) is 1. The van der Waals surface area contributed by atoms with Gasteiger partial charge in [0.1, 0.15) is 11.9 Å². The van der Waals surface area contributed by atoms with Gasteiger partial charge in [-0.2, -0.15) is 5.26 Å². The molecule has 3 N–H and O–H groups in total. The van der Waals surface area contributed by atoms with E-state index in [0.29, 0.717) is 22.2 Å². The number of fused-ring (bicyclic) bond motifs is 1. The van der Waals surface area contributed by atoms with E-state index in [0.717, 1.165) is 17.8 Å². The van der Waals surface area contributed by atoms with E-state index in [1.54, 1.807) is 0 Å². The standard InChI is InChI=1S/C17H14FN5OS/c1-2-5-21-17(24)15-14(20)9-3-4-11(18)13(10(9)7-22-15)16-12(6-19)23-8-25-16/h3-4,7-8H,2,5,20H2,1H3,(H,21,24). The number of carbonyl (C=O) groups excluding carboxylic acids is 1. The maximum Gasteiger partial charge on any atom is 0.272 e. The Balaban J connectivity index is 2.21. The molecule has 0 aliphatic rings. The average Bonchev–Trinajstić information content (AvgIpc) is 3.08. The van der Waals surface area contributed by atoms with Gasteiger partial charge < -0.3 is 11.1 Å². The highest BCUT2D eigenvalue weighted by molar-refractivity contribution is 7.13. The normalized spacial score (nSPS) is 10.6. The van der Waals surface area contributed by atoms with Gasteiger partial charge in [0, 0.05) is 29.1 Å². The minimum absolute atomic E-state index is 0.100. The first-order valence-corrected chi connectivity index (χ1v) is 8.45. The number of anilines is 1. The lowest BCUT2D eigenvalue weighted by atomic mass is 10.0. The molecule has 6 nitrogen and oxygen atoms in total. The number of halogens is 1. The van der Waals surface area contributed by atoms with Gasteiger partial charge in [0.15, 0.2) is 11.4 Å². The fourth-order valence-corrected chi connectivity index (χ4v) is 3.32. The number of hydrogen-bond donors (Lipinski definition) is 2.